The van der Waals surface area contributed by atoms with Crippen molar-refractivity contribution in [2.24, 2.45) is 5.92 Å². The van der Waals surface area contributed by atoms with E-state index in [1.54, 1.807) is 6.20 Å². The molecule has 5 heteroatoms. The summed E-state index contributed by atoms with van der Waals surface area (Å²) in [4.78, 5) is 16.0. The standard InChI is InChI=1S/C13H22N4O/c1-2-5-14-9-12-15-6-7-17(12)10-13(18)16-8-11-3-4-11/h6-7,11,14H,2-5,8-10H2,1H3,(H,16,18). The minimum Gasteiger partial charge on any atom is -0.354 e. The van der Waals surface area contributed by atoms with Crippen molar-refractivity contribution in [1.82, 2.24) is 20.2 Å². The molecule has 1 aliphatic rings. The Bertz CT molecular complexity index is 384. The average molecular weight is 250 g/mol. The van der Waals surface area contributed by atoms with E-state index in [0.717, 1.165) is 37.8 Å². The van der Waals surface area contributed by atoms with Crippen LogP contribution in [-0.2, 0) is 17.9 Å². The normalized spacial score (nSPS) is 14.7. The number of hydrogen-bond donors (Lipinski definition) is 2. The maximum Gasteiger partial charge on any atom is 0.239 e. The molecule has 1 saturated carbocycles. The van der Waals surface area contributed by atoms with Crippen molar-refractivity contribution < 1.29 is 4.79 Å². The van der Waals surface area contributed by atoms with Gasteiger partial charge in [0.1, 0.15) is 12.4 Å². The number of nitrogens with zero attached hydrogens (tertiary/aromatic N) is 2. The Morgan fingerprint density at radius 1 is 1.56 bits per heavy atom. The van der Waals surface area contributed by atoms with Crippen molar-refractivity contribution in [2.75, 3.05) is 13.1 Å². The van der Waals surface area contributed by atoms with Crippen molar-refractivity contribution >= 4 is 5.91 Å². The van der Waals surface area contributed by atoms with Crippen LogP contribution in [0.5, 0.6) is 0 Å². The van der Waals surface area contributed by atoms with Crippen LogP contribution in [0, 0.1) is 5.92 Å². The summed E-state index contributed by atoms with van der Waals surface area (Å²) in [7, 11) is 0. The highest BCUT2D eigenvalue weighted by atomic mass is 16.1. The zero-order chi connectivity index (χ0) is 12.8. The van der Waals surface area contributed by atoms with Gasteiger partial charge in [0.05, 0.1) is 6.54 Å². The van der Waals surface area contributed by atoms with Gasteiger partial charge in [-0.3, -0.25) is 4.79 Å². The zero-order valence-electron chi connectivity index (χ0n) is 11.0. The fourth-order valence-corrected chi connectivity index (χ4v) is 1.82. The summed E-state index contributed by atoms with van der Waals surface area (Å²) in [6, 6.07) is 0. The zero-order valence-corrected chi connectivity index (χ0v) is 11.0. The third-order valence-corrected chi connectivity index (χ3v) is 3.11. The molecular weight excluding hydrogens is 228 g/mol. The summed E-state index contributed by atoms with van der Waals surface area (Å²) >= 11 is 0. The lowest BCUT2D eigenvalue weighted by Crippen LogP contribution is -2.30. The number of rotatable bonds is 8. The van der Waals surface area contributed by atoms with E-state index < -0.39 is 0 Å². The number of aromatic nitrogens is 2. The van der Waals surface area contributed by atoms with E-state index in [1.807, 2.05) is 10.8 Å². The van der Waals surface area contributed by atoms with E-state index in [9.17, 15) is 4.79 Å². The van der Waals surface area contributed by atoms with E-state index >= 15 is 0 Å². The topological polar surface area (TPSA) is 59.0 Å². The molecule has 1 heterocycles. The molecule has 100 valence electrons. The Morgan fingerprint density at radius 3 is 3.11 bits per heavy atom. The number of carbonyl (C=O) groups is 1. The van der Waals surface area contributed by atoms with Crippen molar-refractivity contribution in [3.8, 4) is 0 Å². The van der Waals surface area contributed by atoms with Gasteiger partial charge in [-0.1, -0.05) is 6.92 Å². The van der Waals surface area contributed by atoms with Crippen LogP contribution in [0.15, 0.2) is 12.4 Å². The first-order chi connectivity index (χ1) is 8.79. The van der Waals surface area contributed by atoms with Gasteiger partial charge in [-0.05, 0) is 31.7 Å². The molecule has 0 unspecified atom stereocenters. The smallest absolute Gasteiger partial charge is 0.239 e. The first-order valence-electron chi connectivity index (χ1n) is 6.77. The third kappa shape index (κ3) is 4.14. The Balaban J connectivity index is 1.76. The van der Waals surface area contributed by atoms with Crippen LogP contribution in [0.3, 0.4) is 0 Å². The largest absolute Gasteiger partial charge is 0.354 e. The van der Waals surface area contributed by atoms with Crippen LogP contribution < -0.4 is 10.6 Å². The van der Waals surface area contributed by atoms with Gasteiger partial charge in [0, 0.05) is 18.9 Å². The molecule has 5 nitrogen and oxygen atoms in total. The molecule has 2 N–H and O–H groups in total. The SMILES string of the molecule is CCCNCc1nccn1CC(=O)NCC1CC1. The van der Waals surface area contributed by atoms with Gasteiger partial charge in [0.25, 0.3) is 0 Å². The molecule has 0 atom stereocenters. The molecule has 1 amide bonds. The molecule has 0 aliphatic heterocycles. The lowest BCUT2D eigenvalue weighted by molar-refractivity contribution is -0.121. The summed E-state index contributed by atoms with van der Waals surface area (Å²) < 4.78 is 1.91. The fourth-order valence-electron chi connectivity index (χ4n) is 1.82. The van der Waals surface area contributed by atoms with E-state index in [2.05, 4.69) is 22.5 Å². The second-order valence-corrected chi connectivity index (χ2v) is 4.90. The van der Waals surface area contributed by atoms with Crippen LogP contribution in [0.2, 0.25) is 0 Å². The van der Waals surface area contributed by atoms with Crippen molar-refractivity contribution in [2.45, 2.75) is 39.3 Å². The lowest BCUT2D eigenvalue weighted by Gasteiger charge is -2.09. The molecule has 1 fully saturated rings. The molecule has 1 aliphatic carbocycles. The average Bonchev–Trinajstić information content (AvgIpc) is 3.10. The summed E-state index contributed by atoms with van der Waals surface area (Å²) in [6.45, 7) is 5.02. The third-order valence-electron chi connectivity index (χ3n) is 3.11. The number of nitrogens with one attached hydrogen (secondary N) is 2. The van der Waals surface area contributed by atoms with Gasteiger partial charge in [0.2, 0.25) is 5.91 Å². The van der Waals surface area contributed by atoms with E-state index in [4.69, 9.17) is 0 Å². The highest BCUT2D eigenvalue weighted by molar-refractivity contribution is 5.75. The molecule has 0 bridgehead atoms. The van der Waals surface area contributed by atoms with Crippen molar-refractivity contribution in [3.05, 3.63) is 18.2 Å². The second kappa shape index (κ2) is 6.54. The molecule has 1 aromatic heterocycles. The van der Waals surface area contributed by atoms with Gasteiger partial charge in [-0.25, -0.2) is 4.98 Å². The van der Waals surface area contributed by atoms with Crippen LogP contribution in [0.4, 0.5) is 0 Å². The van der Waals surface area contributed by atoms with Gasteiger partial charge in [0.15, 0.2) is 0 Å². The Kier molecular flexibility index (Phi) is 4.75. The van der Waals surface area contributed by atoms with Gasteiger partial charge < -0.3 is 15.2 Å². The van der Waals surface area contributed by atoms with Crippen molar-refractivity contribution in [3.63, 3.8) is 0 Å². The lowest BCUT2D eigenvalue weighted by atomic mass is 10.4. The number of hydrogen-bond acceptors (Lipinski definition) is 3. The van der Waals surface area contributed by atoms with Crippen LogP contribution in [0.1, 0.15) is 32.0 Å². The predicted molar refractivity (Wildman–Crippen MR) is 70.0 cm³/mol. The fraction of sp³-hybridized carbons (Fsp3) is 0.692. The van der Waals surface area contributed by atoms with Gasteiger partial charge in [-0.2, -0.15) is 0 Å². The van der Waals surface area contributed by atoms with E-state index in [1.165, 1.54) is 12.8 Å². The van der Waals surface area contributed by atoms with Crippen molar-refractivity contribution in [1.29, 1.82) is 0 Å². The maximum atomic E-state index is 11.7. The van der Waals surface area contributed by atoms with Crippen LogP contribution >= 0.6 is 0 Å². The Hall–Kier alpha value is -1.36. The highest BCUT2D eigenvalue weighted by Crippen LogP contribution is 2.27. The number of imidazole rings is 1. The first-order valence-corrected chi connectivity index (χ1v) is 6.77. The minimum absolute atomic E-state index is 0.0802. The van der Waals surface area contributed by atoms with Gasteiger partial charge in [-0.15, -0.1) is 0 Å². The monoisotopic (exact) mass is 250 g/mol. The second-order valence-electron chi connectivity index (χ2n) is 4.90. The molecule has 0 saturated heterocycles. The Labute approximate surface area is 108 Å². The van der Waals surface area contributed by atoms with E-state index in [0.29, 0.717) is 6.54 Å². The van der Waals surface area contributed by atoms with Crippen LogP contribution in [-0.4, -0.2) is 28.5 Å². The molecular formula is C13H22N4O. The molecule has 0 spiro atoms. The molecule has 1 aromatic rings. The van der Waals surface area contributed by atoms with Crippen LogP contribution in [0.25, 0.3) is 0 Å². The van der Waals surface area contributed by atoms with E-state index in [-0.39, 0.29) is 5.91 Å². The molecule has 0 radical (unpaired) electrons. The highest BCUT2D eigenvalue weighted by Gasteiger charge is 2.21. The number of amides is 1. The predicted octanol–water partition coefficient (Wildman–Crippen LogP) is 0.909. The Morgan fingerprint density at radius 2 is 2.39 bits per heavy atom. The molecule has 2 rings (SSSR count). The number of carbonyl (C=O) groups excluding carboxylic acids is 1. The minimum atomic E-state index is 0.0802. The summed E-state index contributed by atoms with van der Waals surface area (Å²) in [6.07, 6.45) is 7.23. The first kappa shape index (κ1) is 13.1. The maximum absolute atomic E-state index is 11.7. The molecule has 0 aromatic carbocycles. The quantitative estimate of drug-likeness (QED) is 0.674. The summed E-state index contributed by atoms with van der Waals surface area (Å²) in [5.41, 5.74) is 0. The van der Waals surface area contributed by atoms with Gasteiger partial charge >= 0.3 is 0 Å². The summed E-state index contributed by atoms with van der Waals surface area (Å²) in [5.74, 6) is 1.73. The molecule has 18 heavy (non-hydrogen) atoms. The summed E-state index contributed by atoms with van der Waals surface area (Å²) in [5, 5.41) is 6.27.